The van der Waals surface area contributed by atoms with Crippen LogP contribution in [-0.4, -0.2) is 25.5 Å². The molecule has 0 rings (SSSR count). The summed E-state index contributed by atoms with van der Waals surface area (Å²) in [6.07, 6.45) is 6.95. The van der Waals surface area contributed by atoms with Crippen LogP contribution in [0.3, 0.4) is 0 Å². The fourth-order valence-electron chi connectivity index (χ4n) is 0.764. The summed E-state index contributed by atoms with van der Waals surface area (Å²) in [5.41, 5.74) is 0. The minimum Gasteiger partial charge on any atom is -0.351 e. The van der Waals surface area contributed by atoms with Crippen LogP contribution in [0.4, 0.5) is 0 Å². The van der Waals surface area contributed by atoms with Gasteiger partial charge in [0.1, 0.15) is 0 Å². The van der Waals surface area contributed by atoms with Crippen molar-refractivity contribution in [2.45, 2.75) is 13.8 Å². The smallest absolute Gasteiger partial charge is 0.244 e. The summed E-state index contributed by atoms with van der Waals surface area (Å²) < 4.78 is 0. The van der Waals surface area contributed by atoms with Gasteiger partial charge in [-0.3, -0.25) is 4.79 Å². The van der Waals surface area contributed by atoms with Crippen LogP contribution in [0.5, 0.6) is 0 Å². The minimum atomic E-state index is -0.0454. The molecule has 0 aliphatic rings. The first-order chi connectivity index (χ1) is 6.31. The lowest BCUT2D eigenvalue weighted by molar-refractivity contribution is -0.116. The molecular weight excluding hydrogens is 164 g/mol. The van der Waals surface area contributed by atoms with Gasteiger partial charge in [0.05, 0.1) is 0 Å². The molecule has 0 aromatic carbocycles. The number of amides is 1. The molecule has 3 nitrogen and oxygen atoms in total. The van der Waals surface area contributed by atoms with Crippen LogP contribution in [0.25, 0.3) is 0 Å². The molecule has 0 saturated heterocycles. The molecule has 13 heavy (non-hydrogen) atoms. The van der Waals surface area contributed by atoms with E-state index in [4.69, 9.17) is 0 Å². The highest BCUT2D eigenvalue weighted by molar-refractivity contribution is 5.87. The fourth-order valence-corrected chi connectivity index (χ4v) is 0.764. The second kappa shape index (κ2) is 9.00. The van der Waals surface area contributed by atoms with Crippen LogP contribution in [0.15, 0.2) is 24.3 Å². The predicted octanol–water partition coefficient (Wildman–Crippen LogP) is 0.844. The third-order valence-corrected chi connectivity index (χ3v) is 1.40. The molecule has 0 fully saturated rings. The Bertz CT molecular complexity index is 185. The van der Waals surface area contributed by atoms with Gasteiger partial charge < -0.3 is 10.6 Å². The summed E-state index contributed by atoms with van der Waals surface area (Å²) in [6.45, 7) is 6.37. The summed E-state index contributed by atoms with van der Waals surface area (Å²) in [4.78, 5) is 11.0. The summed E-state index contributed by atoms with van der Waals surface area (Å²) in [5.74, 6) is -0.0454. The third-order valence-electron chi connectivity index (χ3n) is 1.40. The van der Waals surface area contributed by atoms with Crippen LogP contribution in [-0.2, 0) is 4.79 Å². The Labute approximate surface area is 79.9 Å². The number of carbonyl (C=O) groups is 1. The van der Waals surface area contributed by atoms with Gasteiger partial charge in [-0.05, 0) is 13.5 Å². The molecule has 1 amide bonds. The van der Waals surface area contributed by atoms with E-state index in [9.17, 15) is 4.79 Å². The van der Waals surface area contributed by atoms with Gasteiger partial charge in [-0.15, -0.1) is 0 Å². The average molecular weight is 182 g/mol. The summed E-state index contributed by atoms with van der Waals surface area (Å²) >= 11 is 0. The van der Waals surface area contributed by atoms with E-state index >= 15 is 0 Å². The first-order valence-corrected chi connectivity index (χ1v) is 4.59. The Morgan fingerprint density at radius 1 is 1.31 bits per heavy atom. The quantitative estimate of drug-likeness (QED) is 0.363. The largest absolute Gasteiger partial charge is 0.351 e. The van der Waals surface area contributed by atoms with E-state index in [0.717, 1.165) is 13.1 Å². The molecule has 0 unspecified atom stereocenters. The number of likely N-dealkylation sites (N-methyl/N-ethyl adjacent to an activating group) is 1. The van der Waals surface area contributed by atoms with Crippen LogP contribution in [0, 0.1) is 0 Å². The molecule has 3 heteroatoms. The molecule has 0 spiro atoms. The lowest BCUT2D eigenvalue weighted by Crippen LogP contribution is -2.30. The van der Waals surface area contributed by atoms with E-state index < -0.39 is 0 Å². The molecule has 0 saturated carbocycles. The molecule has 0 aromatic heterocycles. The Hall–Kier alpha value is -1.09. The minimum absolute atomic E-state index is 0.0454. The molecule has 74 valence electrons. The van der Waals surface area contributed by atoms with E-state index in [0.29, 0.717) is 6.54 Å². The second-order valence-electron chi connectivity index (χ2n) is 2.53. The maximum absolute atomic E-state index is 11.0. The van der Waals surface area contributed by atoms with Crippen LogP contribution >= 0.6 is 0 Å². The van der Waals surface area contributed by atoms with Gasteiger partial charge in [0.25, 0.3) is 0 Å². The maximum atomic E-state index is 11.0. The van der Waals surface area contributed by atoms with E-state index in [2.05, 4.69) is 10.6 Å². The fraction of sp³-hybridized carbons (Fsp3) is 0.500. The molecule has 0 radical (unpaired) electrons. The maximum Gasteiger partial charge on any atom is 0.244 e. The Morgan fingerprint density at radius 2 is 2.08 bits per heavy atom. The number of hydrogen-bond acceptors (Lipinski definition) is 2. The highest BCUT2D eigenvalue weighted by Gasteiger charge is 1.91. The molecule has 0 bridgehead atoms. The SMILES string of the molecule is CC=CC=CC(=O)NCCNCC. The van der Waals surface area contributed by atoms with Crippen molar-refractivity contribution in [3.05, 3.63) is 24.3 Å². The summed E-state index contributed by atoms with van der Waals surface area (Å²) in [6, 6.07) is 0. The second-order valence-corrected chi connectivity index (χ2v) is 2.53. The first kappa shape index (κ1) is 11.9. The number of nitrogens with one attached hydrogen (secondary N) is 2. The van der Waals surface area contributed by atoms with Crippen LogP contribution < -0.4 is 10.6 Å². The van der Waals surface area contributed by atoms with Gasteiger partial charge >= 0.3 is 0 Å². The summed E-state index contributed by atoms with van der Waals surface area (Å²) in [7, 11) is 0. The molecule has 0 atom stereocenters. The monoisotopic (exact) mass is 182 g/mol. The zero-order chi connectivity index (χ0) is 9.94. The lowest BCUT2D eigenvalue weighted by Gasteiger charge is -2.01. The van der Waals surface area contributed by atoms with Crippen molar-refractivity contribution >= 4 is 5.91 Å². The number of rotatable bonds is 6. The van der Waals surface area contributed by atoms with Crippen molar-refractivity contribution < 1.29 is 4.79 Å². The molecule has 0 aromatic rings. The lowest BCUT2D eigenvalue weighted by atomic mass is 10.4. The molecule has 0 heterocycles. The topological polar surface area (TPSA) is 41.1 Å². The van der Waals surface area contributed by atoms with Gasteiger partial charge in [-0.2, -0.15) is 0 Å². The Balaban J connectivity index is 3.40. The van der Waals surface area contributed by atoms with Gasteiger partial charge in [0.15, 0.2) is 0 Å². The van der Waals surface area contributed by atoms with Gasteiger partial charge in [-0.25, -0.2) is 0 Å². The zero-order valence-electron chi connectivity index (χ0n) is 8.34. The Kier molecular flexibility index (Phi) is 8.25. The molecule has 0 aliphatic heterocycles. The van der Waals surface area contributed by atoms with E-state index in [1.165, 1.54) is 6.08 Å². The van der Waals surface area contributed by atoms with Gasteiger partial charge in [0.2, 0.25) is 5.91 Å². The number of carbonyl (C=O) groups excluding carboxylic acids is 1. The molecule has 0 aliphatic carbocycles. The average Bonchev–Trinajstić information content (AvgIpc) is 2.13. The number of hydrogen-bond donors (Lipinski definition) is 2. The van der Waals surface area contributed by atoms with E-state index in [1.54, 1.807) is 6.08 Å². The van der Waals surface area contributed by atoms with Crippen LogP contribution in [0.1, 0.15) is 13.8 Å². The summed E-state index contributed by atoms with van der Waals surface area (Å²) in [5, 5.41) is 5.87. The highest BCUT2D eigenvalue weighted by Crippen LogP contribution is 1.76. The predicted molar refractivity (Wildman–Crippen MR) is 55.5 cm³/mol. The first-order valence-electron chi connectivity index (χ1n) is 4.59. The van der Waals surface area contributed by atoms with Crippen LogP contribution in [0.2, 0.25) is 0 Å². The Morgan fingerprint density at radius 3 is 2.69 bits per heavy atom. The number of allylic oxidation sites excluding steroid dienone is 3. The van der Waals surface area contributed by atoms with Crippen molar-refractivity contribution in [3.8, 4) is 0 Å². The highest BCUT2D eigenvalue weighted by atomic mass is 16.1. The van der Waals surface area contributed by atoms with Crippen molar-refractivity contribution in [1.82, 2.24) is 10.6 Å². The van der Waals surface area contributed by atoms with Crippen molar-refractivity contribution in [1.29, 1.82) is 0 Å². The zero-order valence-corrected chi connectivity index (χ0v) is 8.34. The molecular formula is C10H18N2O. The van der Waals surface area contributed by atoms with Gasteiger partial charge in [0, 0.05) is 19.2 Å². The van der Waals surface area contributed by atoms with E-state index in [-0.39, 0.29) is 5.91 Å². The van der Waals surface area contributed by atoms with Crippen molar-refractivity contribution in [2.75, 3.05) is 19.6 Å². The van der Waals surface area contributed by atoms with Crippen molar-refractivity contribution in [2.24, 2.45) is 0 Å². The molecule has 2 N–H and O–H groups in total. The van der Waals surface area contributed by atoms with Crippen molar-refractivity contribution in [3.63, 3.8) is 0 Å². The van der Waals surface area contributed by atoms with Gasteiger partial charge in [-0.1, -0.05) is 25.2 Å². The standard InChI is InChI=1S/C10H18N2O/c1-3-5-6-7-10(13)12-9-8-11-4-2/h3,5-7,11H,4,8-9H2,1-2H3,(H,12,13). The third kappa shape index (κ3) is 8.82. The van der Waals surface area contributed by atoms with E-state index in [1.807, 2.05) is 26.0 Å². The normalized spacial score (nSPS) is 11.2.